The summed E-state index contributed by atoms with van der Waals surface area (Å²) < 4.78 is 0. The van der Waals surface area contributed by atoms with Gasteiger partial charge in [-0.3, -0.25) is 4.98 Å². The van der Waals surface area contributed by atoms with Crippen LogP contribution in [0.1, 0.15) is 37.9 Å². The van der Waals surface area contributed by atoms with Gasteiger partial charge >= 0.3 is 0 Å². The molecule has 0 radical (unpaired) electrons. The molecule has 15 heavy (non-hydrogen) atoms. The number of aromatic nitrogens is 1. The second-order valence-corrected chi connectivity index (χ2v) is 4.25. The van der Waals surface area contributed by atoms with Crippen LogP contribution in [-0.4, -0.2) is 22.2 Å². The van der Waals surface area contributed by atoms with Crippen molar-refractivity contribution in [1.29, 1.82) is 0 Å². The summed E-state index contributed by atoms with van der Waals surface area (Å²) in [5.74, 6) is 0. The standard InChI is InChI=1S/C12H18N2O/c1-9(10-5-2-3-8-13-10)14-11-6-4-7-12(11)15/h2-3,5,8-9,11-12,14-15H,4,6-7H2,1H3/t9-,11-,12+/m0/s1. The summed E-state index contributed by atoms with van der Waals surface area (Å²) in [6.07, 6.45) is 4.73. The molecule has 0 saturated heterocycles. The number of nitrogens with one attached hydrogen (secondary N) is 1. The third kappa shape index (κ3) is 2.55. The number of nitrogens with zero attached hydrogens (tertiary/aromatic N) is 1. The van der Waals surface area contributed by atoms with E-state index < -0.39 is 0 Å². The third-order valence-electron chi connectivity index (χ3n) is 3.07. The van der Waals surface area contributed by atoms with Crippen LogP contribution in [0.15, 0.2) is 24.4 Å². The summed E-state index contributed by atoms with van der Waals surface area (Å²) in [5.41, 5.74) is 1.04. The van der Waals surface area contributed by atoms with E-state index in [4.69, 9.17) is 0 Å². The minimum Gasteiger partial charge on any atom is -0.392 e. The Morgan fingerprint density at radius 2 is 2.33 bits per heavy atom. The third-order valence-corrected chi connectivity index (χ3v) is 3.07. The molecule has 1 heterocycles. The van der Waals surface area contributed by atoms with Gasteiger partial charge in [-0.2, -0.15) is 0 Å². The topological polar surface area (TPSA) is 45.1 Å². The highest BCUT2D eigenvalue weighted by atomic mass is 16.3. The van der Waals surface area contributed by atoms with E-state index in [1.54, 1.807) is 6.20 Å². The van der Waals surface area contributed by atoms with Crippen LogP contribution in [0.5, 0.6) is 0 Å². The molecule has 0 aromatic carbocycles. The molecule has 0 aliphatic heterocycles. The molecule has 3 atom stereocenters. The highest BCUT2D eigenvalue weighted by molar-refractivity contribution is 5.08. The Kier molecular flexibility index (Phi) is 3.34. The van der Waals surface area contributed by atoms with E-state index in [-0.39, 0.29) is 18.2 Å². The van der Waals surface area contributed by atoms with Crippen molar-refractivity contribution in [1.82, 2.24) is 10.3 Å². The van der Waals surface area contributed by atoms with E-state index >= 15 is 0 Å². The lowest BCUT2D eigenvalue weighted by Crippen LogP contribution is -2.37. The molecule has 3 heteroatoms. The van der Waals surface area contributed by atoms with Crippen molar-refractivity contribution in [3.05, 3.63) is 30.1 Å². The van der Waals surface area contributed by atoms with E-state index in [1.807, 2.05) is 18.2 Å². The van der Waals surface area contributed by atoms with Gasteiger partial charge in [0.05, 0.1) is 11.8 Å². The highest BCUT2D eigenvalue weighted by Crippen LogP contribution is 2.21. The van der Waals surface area contributed by atoms with Gasteiger partial charge in [0.15, 0.2) is 0 Å². The van der Waals surface area contributed by atoms with Gasteiger partial charge in [-0.05, 0) is 38.3 Å². The number of hydrogen-bond acceptors (Lipinski definition) is 3. The van der Waals surface area contributed by atoms with Crippen LogP contribution in [0.3, 0.4) is 0 Å². The second-order valence-electron chi connectivity index (χ2n) is 4.25. The SMILES string of the molecule is C[C@H](N[C@H]1CCC[C@H]1O)c1ccccn1. The zero-order chi connectivity index (χ0) is 10.7. The van der Waals surface area contributed by atoms with Crippen molar-refractivity contribution in [3.8, 4) is 0 Å². The Morgan fingerprint density at radius 3 is 2.93 bits per heavy atom. The molecule has 0 unspecified atom stereocenters. The zero-order valence-corrected chi connectivity index (χ0v) is 9.06. The van der Waals surface area contributed by atoms with E-state index in [1.165, 1.54) is 0 Å². The van der Waals surface area contributed by atoms with Crippen molar-refractivity contribution in [3.63, 3.8) is 0 Å². The van der Waals surface area contributed by atoms with Gasteiger partial charge in [-0.15, -0.1) is 0 Å². The number of aliphatic hydroxyl groups excluding tert-OH is 1. The minimum absolute atomic E-state index is 0.184. The Morgan fingerprint density at radius 1 is 1.47 bits per heavy atom. The molecular weight excluding hydrogens is 188 g/mol. The molecule has 3 nitrogen and oxygen atoms in total. The van der Waals surface area contributed by atoms with Gasteiger partial charge in [-0.25, -0.2) is 0 Å². The summed E-state index contributed by atoms with van der Waals surface area (Å²) in [6.45, 7) is 2.09. The van der Waals surface area contributed by atoms with Crippen molar-refractivity contribution in [2.45, 2.75) is 44.4 Å². The zero-order valence-electron chi connectivity index (χ0n) is 9.06. The van der Waals surface area contributed by atoms with Gasteiger partial charge in [-0.1, -0.05) is 6.07 Å². The van der Waals surface area contributed by atoms with E-state index in [0.717, 1.165) is 25.0 Å². The molecule has 1 saturated carbocycles. The fraction of sp³-hybridized carbons (Fsp3) is 0.583. The summed E-state index contributed by atoms with van der Waals surface area (Å²) in [4.78, 5) is 4.30. The molecule has 2 N–H and O–H groups in total. The van der Waals surface area contributed by atoms with Crippen LogP contribution in [-0.2, 0) is 0 Å². The van der Waals surface area contributed by atoms with Crippen molar-refractivity contribution in [2.75, 3.05) is 0 Å². The fourth-order valence-corrected chi connectivity index (χ4v) is 2.17. The fourth-order valence-electron chi connectivity index (χ4n) is 2.17. The molecule has 1 fully saturated rings. The number of pyridine rings is 1. The minimum atomic E-state index is -0.184. The molecule has 1 aromatic heterocycles. The largest absolute Gasteiger partial charge is 0.392 e. The maximum atomic E-state index is 9.70. The molecule has 1 aromatic rings. The van der Waals surface area contributed by atoms with Gasteiger partial charge in [0.1, 0.15) is 0 Å². The smallest absolute Gasteiger partial charge is 0.0693 e. The van der Waals surface area contributed by atoms with Crippen LogP contribution >= 0.6 is 0 Å². The second kappa shape index (κ2) is 4.73. The highest BCUT2D eigenvalue weighted by Gasteiger charge is 2.26. The first kappa shape index (κ1) is 10.6. The van der Waals surface area contributed by atoms with Crippen molar-refractivity contribution >= 4 is 0 Å². The Hall–Kier alpha value is -0.930. The Balaban J connectivity index is 1.95. The maximum Gasteiger partial charge on any atom is 0.0693 e. The summed E-state index contributed by atoms with van der Waals surface area (Å²) >= 11 is 0. The van der Waals surface area contributed by atoms with Crippen molar-refractivity contribution in [2.24, 2.45) is 0 Å². The molecule has 2 rings (SSSR count). The molecule has 1 aliphatic rings. The van der Waals surface area contributed by atoms with Crippen LogP contribution in [0, 0.1) is 0 Å². The number of rotatable bonds is 3. The van der Waals surface area contributed by atoms with E-state index in [0.29, 0.717) is 0 Å². The molecule has 82 valence electrons. The van der Waals surface area contributed by atoms with Gasteiger partial charge in [0.25, 0.3) is 0 Å². The predicted octanol–water partition coefficient (Wildman–Crippen LogP) is 1.65. The lowest BCUT2D eigenvalue weighted by Gasteiger charge is -2.21. The van der Waals surface area contributed by atoms with E-state index in [2.05, 4.69) is 17.2 Å². The number of hydrogen-bond donors (Lipinski definition) is 2. The average Bonchev–Trinajstić information content (AvgIpc) is 2.66. The maximum absolute atomic E-state index is 9.70. The van der Waals surface area contributed by atoms with E-state index in [9.17, 15) is 5.11 Å². The lowest BCUT2D eigenvalue weighted by atomic mass is 10.1. The molecule has 0 amide bonds. The van der Waals surface area contributed by atoms with Gasteiger partial charge < -0.3 is 10.4 Å². The summed E-state index contributed by atoms with van der Waals surface area (Å²) in [6, 6.07) is 6.37. The first-order valence-corrected chi connectivity index (χ1v) is 5.62. The number of aliphatic hydroxyl groups is 1. The summed E-state index contributed by atoms with van der Waals surface area (Å²) in [7, 11) is 0. The lowest BCUT2D eigenvalue weighted by molar-refractivity contribution is 0.143. The van der Waals surface area contributed by atoms with Gasteiger partial charge in [0, 0.05) is 18.3 Å². The van der Waals surface area contributed by atoms with Crippen LogP contribution in [0.2, 0.25) is 0 Å². The molecule has 1 aliphatic carbocycles. The molecule has 0 spiro atoms. The van der Waals surface area contributed by atoms with Crippen LogP contribution in [0.4, 0.5) is 0 Å². The monoisotopic (exact) mass is 206 g/mol. The quantitative estimate of drug-likeness (QED) is 0.790. The average molecular weight is 206 g/mol. The molecular formula is C12H18N2O. The molecule has 0 bridgehead atoms. The first-order chi connectivity index (χ1) is 7.27. The summed E-state index contributed by atoms with van der Waals surface area (Å²) in [5, 5.41) is 13.1. The Labute approximate surface area is 90.5 Å². The first-order valence-electron chi connectivity index (χ1n) is 5.62. The van der Waals surface area contributed by atoms with Crippen LogP contribution in [0.25, 0.3) is 0 Å². The van der Waals surface area contributed by atoms with Crippen LogP contribution < -0.4 is 5.32 Å². The van der Waals surface area contributed by atoms with Crippen molar-refractivity contribution < 1.29 is 5.11 Å². The van der Waals surface area contributed by atoms with Gasteiger partial charge in [0.2, 0.25) is 0 Å². The predicted molar refractivity (Wildman–Crippen MR) is 59.4 cm³/mol. The Bertz CT molecular complexity index is 302. The normalized spacial score (nSPS) is 27.9.